The molecule has 1 aliphatic carbocycles. The Labute approximate surface area is 129 Å². The van der Waals surface area contributed by atoms with Crippen molar-refractivity contribution in [1.29, 1.82) is 0 Å². The maximum Gasteiger partial charge on any atom is 0.226 e. The predicted molar refractivity (Wildman–Crippen MR) is 81.3 cm³/mol. The van der Waals surface area contributed by atoms with Crippen LogP contribution < -0.4 is 0 Å². The molecule has 2 aromatic rings. The molecule has 1 aromatic carbocycles. The highest BCUT2D eigenvalue weighted by Crippen LogP contribution is 2.28. The number of benzene rings is 1. The largest absolute Gasteiger partial charge is 0.467 e. The average molecular weight is 301 g/mol. The molecule has 116 valence electrons. The van der Waals surface area contributed by atoms with E-state index in [1.165, 1.54) is 12.1 Å². The minimum Gasteiger partial charge on any atom is -0.467 e. The molecule has 1 heterocycles. The van der Waals surface area contributed by atoms with Gasteiger partial charge in [-0.05, 0) is 42.7 Å². The Balaban J connectivity index is 1.75. The molecule has 3 nitrogen and oxygen atoms in total. The first-order valence-corrected chi connectivity index (χ1v) is 7.78. The Hall–Kier alpha value is -2.10. The summed E-state index contributed by atoms with van der Waals surface area (Å²) in [5, 5.41) is 0. The van der Waals surface area contributed by atoms with Crippen LogP contribution in [0.25, 0.3) is 0 Å². The van der Waals surface area contributed by atoms with Gasteiger partial charge in [-0.2, -0.15) is 0 Å². The zero-order chi connectivity index (χ0) is 15.4. The highest BCUT2D eigenvalue weighted by molar-refractivity contribution is 5.79. The summed E-state index contributed by atoms with van der Waals surface area (Å²) < 4.78 is 18.4. The molecular weight excluding hydrogens is 281 g/mol. The first kappa shape index (κ1) is 14.8. The molecule has 0 N–H and O–H groups in total. The molecule has 1 aliphatic rings. The second-order valence-electron chi connectivity index (χ2n) is 5.88. The van der Waals surface area contributed by atoms with Crippen molar-refractivity contribution in [2.75, 3.05) is 0 Å². The first-order chi connectivity index (χ1) is 10.7. The smallest absolute Gasteiger partial charge is 0.226 e. The van der Waals surface area contributed by atoms with Crippen molar-refractivity contribution in [3.8, 4) is 0 Å². The van der Waals surface area contributed by atoms with Crippen molar-refractivity contribution in [2.24, 2.45) is 5.92 Å². The lowest BCUT2D eigenvalue weighted by molar-refractivity contribution is -0.136. The van der Waals surface area contributed by atoms with Crippen LogP contribution in [-0.4, -0.2) is 10.8 Å². The van der Waals surface area contributed by atoms with Crippen LogP contribution >= 0.6 is 0 Å². The molecule has 0 aliphatic heterocycles. The van der Waals surface area contributed by atoms with E-state index in [0.717, 1.165) is 37.0 Å². The Morgan fingerprint density at radius 1 is 1.14 bits per heavy atom. The van der Waals surface area contributed by atoms with Crippen molar-refractivity contribution in [1.82, 2.24) is 4.90 Å². The minimum absolute atomic E-state index is 0.121. The molecule has 1 fully saturated rings. The third kappa shape index (κ3) is 3.56. The van der Waals surface area contributed by atoms with Gasteiger partial charge in [-0.1, -0.05) is 25.0 Å². The van der Waals surface area contributed by atoms with Crippen LogP contribution in [-0.2, 0) is 17.9 Å². The standard InChI is InChI=1S/C18H20FNO2/c19-16-9-7-14(8-10-16)12-20(13-17-6-3-11-22-17)18(21)15-4-1-2-5-15/h3,6-11,15H,1-2,4-5,12-13H2. The van der Waals surface area contributed by atoms with E-state index in [-0.39, 0.29) is 17.6 Å². The van der Waals surface area contributed by atoms with E-state index in [1.807, 2.05) is 17.0 Å². The fourth-order valence-corrected chi connectivity index (χ4v) is 3.04. The van der Waals surface area contributed by atoms with Crippen molar-refractivity contribution in [3.05, 3.63) is 59.8 Å². The van der Waals surface area contributed by atoms with Crippen molar-refractivity contribution in [2.45, 2.75) is 38.8 Å². The van der Waals surface area contributed by atoms with Gasteiger partial charge in [-0.15, -0.1) is 0 Å². The fourth-order valence-electron chi connectivity index (χ4n) is 3.04. The second kappa shape index (κ2) is 6.77. The number of hydrogen-bond acceptors (Lipinski definition) is 2. The summed E-state index contributed by atoms with van der Waals surface area (Å²) in [6.45, 7) is 0.940. The quantitative estimate of drug-likeness (QED) is 0.831. The molecule has 4 heteroatoms. The number of halogens is 1. The lowest BCUT2D eigenvalue weighted by Crippen LogP contribution is -2.34. The maximum absolute atomic E-state index is 13.0. The normalized spacial score (nSPS) is 15.1. The second-order valence-corrected chi connectivity index (χ2v) is 5.88. The molecule has 1 amide bonds. The number of carbonyl (C=O) groups is 1. The third-order valence-electron chi connectivity index (χ3n) is 4.23. The van der Waals surface area contributed by atoms with Crippen LogP contribution in [0.15, 0.2) is 47.1 Å². The maximum atomic E-state index is 13.0. The number of carbonyl (C=O) groups excluding carboxylic acids is 1. The SMILES string of the molecule is O=C(C1CCCC1)N(Cc1ccc(F)cc1)Cc1ccco1. The summed E-state index contributed by atoms with van der Waals surface area (Å²) in [7, 11) is 0. The van der Waals surface area contributed by atoms with Crippen LogP contribution in [0, 0.1) is 11.7 Å². The molecule has 0 radical (unpaired) electrons. The molecule has 1 saturated carbocycles. The summed E-state index contributed by atoms with van der Waals surface area (Å²) in [6, 6.07) is 10.0. The van der Waals surface area contributed by atoms with E-state index in [4.69, 9.17) is 4.42 Å². The van der Waals surface area contributed by atoms with Gasteiger partial charge in [0.1, 0.15) is 11.6 Å². The summed E-state index contributed by atoms with van der Waals surface area (Å²) in [4.78, 5) is 14.6. The van der Waals surface area contributed by atoms with E-state index >= 15 is 0 Å². The number of hydrogen-bond donors (Lipinski definition) is 0. The van der Waals surface area contributed by atoms with E-state index in [0.29, 0.717) is 13.1 Å². The van der Waals surface area contributed by atoms with E-state index < -0.39 is 0 Å². The number of rotatable bonds is 5. The average Bonchev–Trinajstić information content (AvgIpc) is 3.21. The first-order valence-electron chi connectivity index (χ1n) is 7.78. The predicted octanol–water partition coefficient (Wildman–Crippen LogP) is 4.14. The summed E-state index contributed by atoms with van der Waals surface area (Å²) in [5.74, 6) is 0.811. The van der Waals surface area contributed by atoms with Gasteiger partial charge in [0.2, 0.25) is 5.91 Å². The third-order valence-corrected chi connectivity index (χ3v) is 4.23. The van der Waals surface area contributed by atoms with Crippen LogP contribution in [0.3, 0.4) is 0 Å². The van der Waals surface area contributed by atoms with Gasteiger partial charge in [-0.25, -0.2) is 4.39 Å². The molecule has 22 heavy (non-hydrogen) atoms. The Morgan fingerprint density at radius 2 is 1.86 bits per heavy atom. The highest BCUT2D eigenvalue weighted by atomic mass is 19.1. The zero-order valence-corrected chi connectivity index (χ0v) is 12.5. The number of amides is 1. The molecule has 1 aromatic heterocycles. The van der Waals surface area contributed by atoms with E-state index in [2.05, 4.69) is 0 Å². The summed E-state index contributed by atoms with van der Waals surface area (Å²) in [5.41, 5.74) is 0.930. The van der Waals surface area contributed by atoms with Crippen LogP contribution in [0.1, 0.15) is 37.0 Å². The molecule has 0 saturated heterocycles. The van der Waals surface area contributed by atoms with Crippen LogP contribution in [0.4, 0.5) is 4.39 Å². The molecule has 0 bridgehead atoms. The number of nitrogens with zero attached hydrogens (tertiary/aromatic N) is 1. The minimum atomic E-state index is -0.261. The lowest BCUT2D eigenvalue weighted by Gasteiger charge is -2.25. The highest BCUT2D eigenvalue weighted by Gasteiger charge is 2.27. The molecule has 3 rings (SSSR count). The summed E-state index contributed by atoms with van der Waals surface area (Å²) in [6.07, 6.45) is 5.81. The molecule has 0 unspecified atom stereocenters. The van der Waals surface area contributed by atoms with Crippen molar-refractivity contribution in [3.63, 3.8) is 0 Å². The van der Waals surface area contributed by atoms with Crippen molar-refractivity contribution < 1.29 is 13.6 Å². The Kier molecular flexibility index (Phi) is 4.56. The van der Waals surface area contributed by atoms with Crippen LogP contribution in [0.2, 0.25) is 0 Å². The van der Waals surface area contributed by atoms with Gasteiger partial charge in [-0.3, -0.25) is 4.79 Å². The van der Waals surface area contributed by atoms with Gasteiger partial charge in [0, 0.05) is 12.5 Å². The topological polar surface area (TPSA) is 33.5 Å². The molecule has 0 atom stereocenters. The Morgan fingerprint density at radius 3 is 2.50 bits per heavy atom. The molecule has 0 spiro atoms. The van der Waals surface area contributed by atoms with Gasteiger partial charge >= 0.3 is 0 Å². The van der Waals surface area contributed by atoms with Gasteiger partial charge in [0.05, 0.1) is 12.8 Å². The van der Waals surface area contributed by atoms with Gasteiger partial charge in [0.25, 0.3) is 0 Å². The monoisotopic (exact) mass is 301 g/mol. The molecular formula is C18H20FNO2. The van der Waals surface area contributed by atoms with Crippen molar-refractivity contribution >= 4 is 5.91 Å². The van der Waals surface area contributed by atoms with Gasteiger partial charge in [0.15, 0.2) is 0 Å². The number of furan rings is 1. The van der Waals surface area contributed by atoms with Gasteiger partial charge < -0.3 is 9.32 Å². The fraction of sp³-hybridized carbons (Fsp3) is 0.389. The lowest BCUT2D eigenvalue weighted by atomic mass is 10.1. The van der Waals surface area contributed by atoms with Crippen LogP contribution in [0.5, 0.6) is 0 Å². The zero-order valence-electron chi connectivity index (χ0n) is 12.5. The van der Waals surface area contributed by atoms with E-state index in [9.17, 15) is 9.18 Å². The summed E-state index contributed by atoms with van der Waals surface area (Å²) >= 11 is 0. The van der Waals surface area contributed by atoms with E-state index in [1.54, 1.807) is 18.4 Å². The Bertz CT molecular complexity index is 601.